The standard InChI is InChI=1S/C28H27NO3S2/c1-4-20-10-13-23(14-11-20)29-27(30)26(34-28(29)33)17-22-12-15-24(25(16-22)31-5-2)32-18-21-8-6-19(3)7-9-21/h6-17H,4-5,18H2,1-3H3/b26-17-. The molecule has 1 saturated heterocycles. The van der Waals surface area contributed by atoms with E-state index in [1.807, 2.05) is 55.5 Å². The third kappa shape index (κ3) is 5.51. The fraction of sp³-hybridized carbons (Fsp3) is 0.214. The summed E-state index contributed by atoms with van der Waals surface area (Å²) in [6.07, 6.45) is 2.80. The van der Waals surface area contributed by atoms with Gasteiger partial charge in [-0.1, -0.05) is 78.9 Å². The molecule has 3 aromatic rings. The van der Waals surface area contributed by atoms with E-state index in [9.17, 15) is 4.79 Å². The minimum absolute atomic E-state index is 0.114. The number of thioether (sulfide) groups is 1. The predicted octanol–water partition coefficient (Wildman–Crippen LogP) is 6.94. The molecule has 4 rings (SSSR count). The van der Waals surface area contributed by atoms with Gasteiger partial charge in [-0.05, 0) is 67.3 Å². The van der Waals surface area contributed by atoms with Crippen molar-refractivity contribution in [1.29, 1.82) is 0 Å². The quantitative estimate of drug-likeness (QED) is 0.253. The molecule has 0 spiro atoms. The second-order valence-corrected chi connectivity index (χ2v) is 9.63. The maximum absolute atomic E-state index is 13.1. The van der Waals surface area contributed by atoms with Gasteiger partial charge in [0.15, 0.2) is 15.8 Å². The van der Waals surface area contributed by atoms with E-state index in [0.29, 0.717) is 33.9 Å². The van der Waals surface area contributed by atoms with Crippen molar-refractivity contribution in [2.75, 3.05) is 11.5 Å². The first-order valence-corrected chi connectivity index (χ1v) is 12.5. The molecule has 0 atom stereocenters. The average molecular weight is 490 g/mol. The van der Waals surface area contributed by atoms with E-state index in [2.05, 4.69) is 38.1 Å². The van der Waals surface area contributed by atoms with Crippen molar-refractivity contribution in [3.63, 3.8) is 0 Å². The zero-order chi connectivity index (χ0) is 24.1. The summed E-state index contributed by atoms with van der Waals surface area (Å²) in [6, 6.07) is 21.9. The number of aryl methyl sites for hydroxylation is 2. The Morgan fingerprint density at radius 3 is 2.29 bits per heavy atom. The van der Waals surface area contributed by atoms with E-state index in [4.69, 9.17) is 21.7 Å². The maximum atomic E-state index is 13.1. The molecule has 0 N–H and O–H groups in total. The Morgan fingerprint density at radius 2 is 1.62 bits per heavy atom. The van der Waals surface area contributed by atoms with Crippen LogP contribution >= 0.6 is 24.0 Å². The SMILES string of the molecule is CCOc1cc(/C=C2\SC(=S)N(c3ccc(CC)cc3)C2=O)ccc1OCc1ccc(C)cc1. The number of nitrogens with zero attached hydrogens (tertiary/aromatic N) is 1. The molecule has 4 nitrogen and oxygen atoms in total. The van der Waals surface area contributed by atoms with Gasteiger partial charge >= 0.3 is 0 Å². The second-order valence-electron chi connectivity index (χ2n) is 7.95. The molecule has 1 heterocycles. The Kier molecular flexibility index (Phi) is 7.70. The van der Waals surface area contributed by atoms with Crippen LogP contribution in [0.15, 0.2) is 71.6 Å². The number of hydrogen-bond acceptors (Lipinski definition) is 5. The minimum Gasteiger partial charge on any atom is -0.490 e. The van der Waals surface area contributed by atoms with Gasteiger partial charge in [0.2, 0.25) is 0 Å². The molecule has 0 aromatic heterocycles. The topological polar surface area (TPSA) is 38.8 Å². The Hall–Kier alpha value is -3.09. The van der Waals surface area contributed by atoms with Crippen molar-refractivity contribution in [2.45, 2.75) is 33.8 Å². The molecule has 3 aromatic carbocycles. The summed E-state index contributed by atoms with van der Waals surface area (Å²) in [5.41, 5.74) is 5.17. The highest BCUT2D eigenvalue weighted by Crippen LogP contribution is 2.37. The Labute approximate surface area is 210 Å². The van der Waals surface area contributed by atoms with Crippen LogP contribution in [0.25, 0.3) is 6.08 Å². The predicted molar refractivity (Wildman–Crippen MR) is 145 cm³/mol. The van der Waals surface area contributed by atoms with Gasteiger partial charge in [-0.15, -0.1) is 0 Å². The van der Waals surface area contributed by atoms with Crippen LogP contribution in [0.1, 0.15) is 36.1 Å². The van der Waals surface area contributed by atoms with Crippen LogP contribution in [0, 0.1) is 6.92 Å². The number of benzene rings is 3. The van der Waals surface area contributed by atoms with Gasteiger partial charge in [0, 0.05) is 0 Å². The van der Waals surface area contributed by atoms with Crippen molar-refractivity contribution in [3.8, 4) is 11.5 Å². The zero-order valence-electron chi connectivity index (χ0n) is 19.5. The molecule has 0 unspecified atom stereocenters. The number of carbonyl (C=O) groups is 1. The van der Waals surface area contributed by atoms with Crippen molar-refractivity contribution in [3.05, 3.63) is 93.9 Å². The third-order valence-corrected chi connectivity index (χ3v) is 6.78. The Balaban J connectivity index is 1.53. The molecule has 0 bridgehead atoms. The third-order valence-electron chi connectivity index (χ3n) is 5.48. The number of carbonyl (C=O) groups excluding carboxylic acids is 1. The number of thiocarbonyl (C=S) groups is 1. The highest BCUT2D eigenvalue weighted by molar-refractivity contribution is 8.27. The largest absolute Gasteiger partial charge is 0.490 e. The molecular formula is C28H27NO3S2. The number of amides is 1. The zero-order valence-corrected chi connectivity index (χ0v) is 21.2. The van der Waals surface area contributed by atoms with Crippen molar-refractivity contribution in [1.82, 2.24) is 0 Å². The molecule has 34 heavy (non-hydrogen) atoms. The highest BCUT2D eigenvalue weighted by Gasteiger charge is 2.33. The van der Waals surface area contributed by atoms with E-state index >= 15 is 0 Å². The molecule has 0 saturated carbocycles. The van der Waals surface area contributed by atoms with E-state index in [1.54, 1.807) is 4.90 Å². The lowest BCUT2D eigenvalue weighted by Crippen LogP contribution is -2.27. The smallest absolute Gasteiger partial charge is 0.270 e. The van der Waals surface area contributed by atoms with Crippen molar-refractivity contribution >= 4 is 46.0 Å². The van der Waals surface area contributed by atoms with Crippen molar-refractivity contribution in [2.24, 2.45) is 0 Å². The van der Waals surface area contributed by atoms with Gasteiger partial charge < -0.3 is 9.47 Å². The number of anilines is 1. The molecule has 174 valence electrons. The van der Waals surface area contributed by atoms with E-state index < -0.39 is 0 Å². The summed E-state index contributed by atoms with van der Waals surface area (Å²) < 4.78 is 12.4. The normalized spacial score (nSPS) is 14.7. The van der Waals surface area contributed by atoms with Gasteiger partial charge in [-0.2, -0.15) is 0 Å². The minimum atomic E-state index is -0.114. The average Bonchev–Trinajstić information content (AvgIpc) is 3.12. The first kappa shape index (κ1) is 24.0. The Morgan fingerprint density at radius 1 is 0.912 bits per heavy atom. The van der Waals surface area contributed by atoms with Crippen LogP contribution in [0.5, 0.6) is 11.5 Å². The molecule has 1 aliphatic heterocycles. The van der Waals surface area contributed by atoms with Crippen LogP contribution in [0.4, 0.5) is 5.69 Å². The van der Waals surface area contributed by atoms with Gasteiger partial charge in [-0.3, -0.25) is 9.69 Å². The second kappa shape index (κ2) is 10.9. The molecule has 1 amide bonds. The van der Waals surface area contributed by atoms with E-state index in [0.717, 1.165) is 23.2 Å². The van der Waals surface area contributed by atoms with Gasteiger partial charge in [0.25, 0.3) is 5.91 Å². The maximum Gasteiger partial charge on any atom is 0.270 e. The summed E-state index contributed by atoms with van der Waals surface area (Å²) in [5.74, 6) is 1.20. The summed E-state index contributed by atoms with van der Waals surface area (Å²) in [7, 11) is 0. The van der Waals surface area contributed by atoms with Gasteiger partial charge in [0.1, 0.15) is 6.61 Å². The highest BCUT2D eigenvalue weighted by atomic mass is 32.2. The number of rotatable bonds is 8. The van der Waals surface area contributed by atoms with Crippen LogP contribution in [0.2, 0.25) is 0 Å². The van der Waals surface area contributed by atoms with Gasteiger partial charge in [-0.25, -0.2) is 0 Å². The number of ether oxygens (including phenoxy) is 2. The van der Waals surface area contributed by atoms with E-state index in [-0.39, 0.29) is 5.91 Å². The fourth-order valence-corrected chi connectivity index (χ4v) is 4.87. The summed E-state index contributed by atoms with van der Waals surface area (Å²) in [4.78, 5) is 15.3. The fourth-order valence-electron chi connectivity index (χ4n) is 3.57. The molecule has 6 heteroatoms. The lowest BCUT2D eigenvalue weighted by Gasteiger charge is -2.15. The molecule has 0 aliphatic carbocycles. The lowest BCUT2D eigenvalue weighted by molar-refractivity contribution is -0.113. The first-order valence-electron chi connectivity index (χ1n) is 11.3. The van der Waals surface area contributed by atoms with Crippen LogP contribution in [-0.2, 0) is 17.8 Å². The first-order chi connectivity index (χ1) is 16.5. The summed E-state index contributed by atoms with van der Waals surface area (Å²) in [5, 5.41) is 0. The molecular weight excluding hydrogens is 462 g/mol. The molecule has 1 aliphatic rings. The summed E-state index contributed by atoms with van der Waals surface area (Å²) in [6.45, 7) is 7.07. The molecule has 1 fully saturated rings. The monoisotopic (exact) mass is 489 g/mol. The molecule has 0 radical (unpaired) electrons. The van der Waals surface area contributed by atoms with Gasteiger partial charge in [0.05, 0.1) is 17.2 Å². The summed E-state index contributed by atoms with van der Waals surface area (Å²) >= 11 is 6.82. The van der Waals surface area contributed by atoms with Crippen molar-refractivity contribution < 1.29 is 14.3 Å². The van der Waals surface area contributed by atoms with Crippen LogP contribution < -0.4 is 14.4 Å². The Bertz CT molecular complexity index is 1220. The van der Waals surface area contributed by atoms with Crippen LogP contribution in [-0.4, -0.2) is 16.8 Å². The van der Waals surface area contributed by atoms with Crippen LogP contribution in [0.3, 0.4) is 0 Å². The number of hydrogen-bond donors (Lipinski definition) is 0. The lowest BCUT2D eigenvalue weighted by atomic mass is 10.1. The van der Waals surface area contributed by atoms with E-state index in [1.165, 1.54) is 22.9 Å².